The van der Waals surface area contributed by atoms with E-state index in [-0.39, 0.29) is 11.9 Å². The van der Waals surface area contributed by atoms with Crippen LogP contribution in [-0.4, -0.2) is 22.9 Å². The maximum atomic E-state index is 12.5. The lowest BCUT2D eigenvalue weighted by atomic mass is 10.00. The summed E-state index contributed by atoms with van der Waals surface area (Å²) >= 11 is 1.44. The molecule has 2 aromatic rings. The van der Waals surface area contributed by atoms with E-state index < -0.39 is 6.04 Å². The minimum atomic E-state index is -0.517. The maximum Gasteiger partial charge on any atom is 0.237 e. The van der Waals surface area contributed by atoms with Crippen molar-refractivity contribution in [2.45, 2.75) is 59.2 Å². The van der Waals surface area contributed by atoms with Crippen LogP contribution in [0.2, 0.25) is 0 Å². The number of carbonyl (C=O) groups excluding carboxylic acids is 1. The van der Waals surface area contributed by atoms with Crippen LogP contribution in [0.3, 0.4) is 0 Å². The van der Waals surface area contributed by atoms with Gasteiger partial charge in [-0.3, -0.25) is 4.79 Å². The highest BCUT2D eigenvalue weighted by Gasteiger charge is 2.23. The predicted octanol–water partition coefficient (Wildman–Crippen LogP) is 3.65. The fourth-order valence-corrected chi connectivity index (χ4v) is 3.80. The molecule has 0 bridgehead atoms. The number of amides is 1. The molecule has 0 aliphatic rings. The number of nitrogens with one attached hydrogen (secondary N) is 2. The number of benzene rings is 1. The number of rotatable bonds is 10. The number of aliphatic imine (C=N–C) groups is 1. The SMILES string of the molecule is CC(C)CC(N)C(=O)NC(CC(C)C)c1csc(NC(N)=NCc2ccccc2)n1. The van der Waals surface area contributed by atoms with Gasteiger partial charge in [-0.15, -0.1) is 11.3 Å². The van der Waals surface area contributed by atoms with Crippen LogP contribution >= 0.6 is 11.3 Å². The zero-order valence-electron chi connectivity index (χ0n) is 18.3. The van der Waals surface area contributed by atoms with Gasteiger partial charge in [-0.05, 0) is 30.2 Å². The van der Waals surface area contributed by atoms with E-state index in [2.05, 4.69) is 48.3 Å². The maximum absolute atomic E-state index is 12.5. The number of nitrogens with zero attached hydrogens (tertiary/aromatic N) is 2. The molecule has 2 atom stereocenters. The second kappa shape index (κ2) is 11.7. The number of carbonyl (C=O) groups is 1. The Morgan fingerprint density at radius 1 is 1.13 bits per heavy atom. The van der Waals surface area contributed by atoms with Gasteiger partial charge in [-0.25, -0.2) is 9.98 Å². The summed E-state index contributed by atoms with van der Waals surface area (Å²) in [6, 6.07) is 9.20. The van der Waals surface area contributed by atoms with Crippen LogP contribution in [0.25, 0.3) is 0 Å². The minimum absolute atomic E-state index is 0.138. The van der Waals surface area contributed by atoms with Crippen LogP contribution in [-0.2, 0) is 11.3 Å². The van der Waals surface area contributed by atoms with Crippen LogP contribution < -0.4 is 22.1 Å². The van der Waals surface area contributed by atoms with Crippen molar-refractivity contribution in [1.29, 1.82) is 0 Å². The van der Waals surface area contributed by atoms with Crippen LogP contribution in [0.4, 0.5) is 5.13 Å². The molecule has 6 N–H and O–H groups in total. The summed E-state index contributed by atoms with van der Waals surface area (Å²) in [5, 5.41) is 8.70. The molecule has 1 aromatic carbocycles. The highest BCUT2D eigenvalue weighted by Crippen LogP contribution is 2.25. The summed E-state index contributed by atoms with van der Waals surface area (Å²) < 4.78 is 0. The average Bonchev–Trinajstić information content (AvgIpc) is 3.14. The van der Waals surface area contributed by atoms with E-state index >= 15 is 0 Å². The molecule has 0 spiro atoms. The van der Waals surface area contributed by atoms with E-state index in [1.807, 2.05) is 35.7 Å². The summed E-state index contributed by atoms with van der Waals surface area (Å²) in [5.74, 6) is 0.929. The van der Waals surface area contributed by atoms with Gasteiger partial charge in [0.05, 0.1) is 24.3 Å². The summed E-state index contributed by atoms with van der Waals surface area (Å²) in [6.07, 6.45) is 1.43. The second-order valence-corrected chi connectivity index (χ2v) is 9.17. The van der Waals surface area contributed by atoms with Crippen molar-refractivity contribution in [3.63, 3.8) is 0 Å². The molecule has 1 amide bonds. The van der Waals surface area contributed by atoms with E-state index in [0.717, 1.165) is 17.7 Å². The van der Waals surface area contributed by atoms with Crippen molar-refractivity contribution >= 4 is 28.3 Å². The first kappa shape index (κ1) is 23.8. The molecule has 1 aromatic heterocycles. The smallest absolute Gasteiger partial charge is 0.237 e. The number of thiazole rings is 1. The van der Waals surface area contributed by atoms with Crippen molar-refractivity contribution < 1.29 is 4.79 Å². The lowest BCUT2D eigenvalue weighted by Gasteiger charge is -2.22. The number of aromatic nitrogens is 1. The van der Waals surface area contributed by atoms with Gasteiger partial charge in [0, 0.05) is 5.38 Å². The van der Waals surface area contributed by atoms with Gasteiger partial charge in [-0.2, -0.15) is 0 Å². The Morgan fingerprint density at radius 2 is 1.80 bits per heavy atom. The number of hydrogen-bond acceptors (Lipinski definition) is 5. The Bertz CT molecular complexity index is 818. The molecule has 0 fully saturated rings. The van der Waals surface area contributed by atoms with Gasteiger partial charge in [0.25, 0.3) is 0 Å². The van der Waals surface area contributed by atoms with E-state index in [1.54, 1.807) is 0 Å². The quantitative estimate of drug-likeness (QED) is 0.339. The first-order chi connectivity index (χ1) is 14.2. The number of guanidine groups is 1. The largest absolute Gasteiger partial charge is 0.370 e. The van der Waals surface area contributed by atoms with Crippen LogP contribution in [0.5, 0.6) is 0 Å². The molecule has 0 radical (unpaired) electrons. The Hall–Kier alpha value is -2.45. The highest BCUT2D eigenvalue weighted by molar-refractivity contribution is 7.13. The van der Waals surface area contributed by atoms with Gasteiger partial charge < -0.3 is 22.1 Å². The molecular weight excluding hydrogens is 396 g/mol. The Balaban J connectivity index is 2.02. The van der Waals surface area contributed by atoms with Crippen molar-refractivity contribution in [2.75, 3.05) is 5.32 Å². The number of anilines is 1. The summed E-state index contributed by atoms with van der Waals surface area (Å²) in [6.45, 7) is 8.85. The molecule has 7 nitrogen and oxygen atoms in total. The highest BCUT2D eigenvalue weighted by atomic mass is 32.1. The first-order valence-corrected chi connectivity index (χ1v) is 11.2. The summed E-state index contributed by atoms with van der Waals surface area (Å²) in [7, 11) is 0. The van der Waals surface area contributed by atoms with Crippen molar-refractivity contribution in [2.24, 2.45) is 28.3 Å². The molecule has 2 unspecified atom stereocenters. The lowest BCUT2D eigenvalue weighted by Crippen LogP contribution is -2.43. The number of nitrogens with two attached hydrogens (primary N) is 2. The zero-order valence-corrected chi connectivity index (χ0v) is 19.1. The molecule has 0 aliphatic carbocycles. The molecule has 1 heterocycles. The third-order valence-corrected chi connectivity index (χ3v) is 5.25. The second-order valence-electron chi connectivity index (χ2n) is 8.32. The molecule has 30 heavy (non-hydrogen) atoms. The van der Waals surface area contributed by atoms with Gasteiger partial charge in [-0.1, -0.05) is 58.0 Å². The zero-order chi connectivity index (χ0) is 22.1. The molecule has 0 saturated carbocycles. The Morgan fingerprint density at radius 3 is 2.43 bits per heavy atom. The minimum Gasteiger partial charge on any atom is -0.370 e. The third kappa shape index (κ3) is 8.12. The fourth-order valence-electron chi connectivity index (χ4n) is 3.03. The standard InChI is InChI=1S/C22H34N6OS/c1-14(2)10-17(23)20(29)26-18(11-15(3)4)19-13-30-22(27-19)28-21(24)25-12-16-8-6-5-7-9-16/h5-9,13-15,17-18H,10-12,23H2,1-4H3,(H,26,29)(H3,24,25,27,28). The van der Waals surface area contributed by atoms with Crippen LogP contribution in [0, 0.1) is 11.8 Å². The summed E-state index contributed by atoms with van der Waals surface area (Å²) in [5.41, 5.74) is 13.9. The molecule has 164 valence electrons. The molecule has 8 heteroatoms. The molecule has 2 rings (SSSR count). The van der Waals surface area contributed by atoms with Gasteiger partial charge in [0.15, 0.2) is 11.1 Å². The van der Waals surface area contributed by atoms with Crippen LogP contribution in [0.1, 0.15) is 57.8 Å². The Labute approximate surface area is 183 Å². The Kier molecular flexibility index (Phi) is 9.26. The van der Waals surface area contributed by atoms with Crippen molar-refractivity contribution in [3.05, 3.63) is 47.0 Å². The monoisotopic (exact) mass is 430 g/mol. The third-order valence-electron chi connectivity index (χ3n) is 4.47. The van der Waals surface area contributed by atoms with E-state index in [0.29, 0.717) is 35.9 Å². The van der Waals surface area contributed by atoms with E-state index in [9.17, 15) is 4.79 Å². The van der Waals surface area contributed by atoms with E-state index in [1.165, 1.54) is 11.3 Å². The summed E-state index contributed by atoms with van der Waals surface area (Å²) in [4.78, 5) is 21.5. The van der Waals surface area contributed by atoms with Crippen molar-refractivity contribution in [3.8, 4) is 0 Å². The topological polar surface area (TPSA) is 118 Å². The first-order valence-electron chi connectivity index (χ1n) is 10.4. The fraction of sp³-hybridized carbons (Fsp3) is 0.500. The molecular formula is C22H34N6OS. The van der Waals surface area contributed by atoms with Gasteiger partial charge >= 0.3 is 0 Å². The molecule has 0 saturated heterocycles. The van der Waals surface area contributed by atoms with Gasteiger partial charge in [0.1, 0.15) is 0 Å². The normalized spacial score (nSPS) is 14.0. The van der Waals surface area contributed by atoms with Gasteiger partial charge in [0.2, 0.25) is 5.91 Å². The van der Waals surface area contributed by atoms with Crippen LogP contribution in [0.15, 0.2) is 40.7 Å². The molecule has 0 aliphatic heterocycles. The lowest BCUT2D eigenvalue weighted by molar-refractivity contribution is -0.123. The number of hydrogen-bond donors (Lipinski definition) is 4. The van der Waals surface area contributed by atoms with Crippen molar-refractivity contribution in [1.82, 2.24) is 10.3 Å². The average molecular weight is 431 g/mol. The predicted molar refractivity (Wildman–Crippen MR) is 125 cm³/mol. The van der Waals surface area contributed by atoms with E-state index in [4.69, 9.17) is 11.5 Å².